The van der Waals surface area contributed by atoms with E-state index < -0.39 is 10.0 Å². The predicted molar refractivity (Wildman–Crippen MR) is 117 cm³/mol. The molecule has 2 aromatic carbocycles. The van der Waals surface area contributed by atoms with Gasteiger partial charge >= 0.3 is 0 Å². The maximum Gasteiger partial charge on any atom is 0.238 e. The van der Waals surface area contributed by atoms with Crippen LogP contribution in [-0.4, -0.2) is 14.4 Å². The fourth-order valence-corrected chi connectivity index (χ4v) is 2.95. The van der Waals surface area contributed by atoms with Gasteiger partial charge in [-0.3, -0.25) is 0 Å². The van der Waals surface area contributed by atoms with Crippen LogP contribution in [0.3, 0.4) is 0 Å². The largest absolute Gasteiger partial charge is 0.370 e. The number of halogens is 1. The molecule has 0 radical (unpaired) electrons. The van der Waals surface area contributed by atoms with Crippen LogP contribution in [-0.2, 0) is 16.6 Å². The topological polar surface area (TPSA) is 111 Å². The number of nitrogens with two attached hydrogens (primary N) is 2. The number of hydrogen-bond acceptors (Lipinski definition) is 3. The zero-order valence-corrected chi connectivity index (χ0v) is 18.2. The van der Waals surface area contributed by atoms with Gasteiger partial charge in [0.2, 0.25) is 10.0 Å². The van der Waals surface area contributed by atoms with Gasteiger partial charge in [-0.15, -0.1) is 24.0 Å². The van der Waals surface area contributed by atoms with Crippen LogP contribution in [0, 0.1) is 6.92 Å². The summed E-state index contributed by atoms with van der Waals surface area (Å²) in [6, 6.07) is 12.7. The predicted octanol–water partition coefficient (Wildman–Crippen LogP) is 3.31. The average molecular weight is 488 g/mol. The summed E-state index contributed by atoms with van der Waals surface area (Å²) in [6.07, 6.45) is 0. The van der Waals surface area contributed by atoms with Crippen LogP contribution in [0.5, 0.6) is 0 Å². The second-order valence-electron chi connectivity index (χ2n) is 6.24. The van der Waals surface area contributed by atoms with Crippen molar-refractivity contribution >= 4 is 45.6 Å². The van der Waals surface area contributed by atoms with Crippen LogP contribution < -0.4 is 16.2 Å². The number of primary sulfonamides is 1. The van der Waals surface area contributed by atoms with E-state index >= 15 is 0 Å². The first-order valence-corrected chi connectivity index (χ1v) is 9.50. The second kappa shape index (κ2) is 9.33. The Kier molecular flexibility index (Phi) is 8.04. The van der Waals surface area contributed by atoms with Gasteiger partial charge in [-0.25, -0.2) is 18.5 Å². The number of rotatable bonds is 5. The Bertz CT molecular complexity index is 896. The van der Waals surface area contributed by atoms with Gasteiger partial charge in [0, 0.05) is 5.69 Å². The van der Waals surface area contributed by atoms with Crippen LogP contribution in [0.2, 0.25) is 0 Å². The van der Waals surface area contributed by atoms with E-state index in [4.69, 9.17) is 10.9 Å². The minimum absolute atomic E-state index is 0. The molecule has 0 aliphatic heterocycles. The molecule has 0 atom stereocenters. The zero-order valence-electron chi connectivity index (χ0n) is 15.1. The lowest BCUT2D eigenvalue weighted by Gasteiger charge is -2.10. The van der Waals surface area contributed by atoms with E-state index in [9.17, 15) is 8.42 Å². The summed E-state index contributed by atoms with van der Waals surface area (Å²) in [6.45, 7) is 6.42. The normalized spacial score (nSPS) is 12.0. The highest BCUT2D eigenvalue weighted by molar-refractivity contribution is 14.0. The smallest absolute Gasteiger partial charge is 0.238 e. The van der Waals surface area contributed by atoms with E-state index in [2.05, 4.69) is 30.2 Å². The van der Waals surface area contributed by atoms with Crippen molar-refractivity contribution in [3.8, 4) is 0 Å². The number of aliphatic imine (C=N–C) groups is 1. The first-order chi connectivity index (χ1) is 11.7. The summed E-state index contributed by atoms with van der Waals surface area (Å²) in [5.74, 6) is 0.732. The van der Waals surface area contributed by atoms with Crippen molar-refractivity contribution in [3.63, 3.8) is 0 Å². The van der Waals surface area contributed by atoms with Crippen molar-refractivity contribution < 1.29 is 8.42 Å². The summed E-state index contributed by atoms with van der Waals surface area (Å²) >= 11 is 0. The van der Waals surface area contributed by atoms with Gasteiger partial charge in [-0.2, -0.15) is 0 Å². The third kappa shape index (κ3) is 6.26. The molecule has 0 bridgehead atoms. The molecule has 0 saturated heterocycles. The highest BCUT2D eigenvalue weighted by atomic mass is 127. The summed E-state index contributed by atoms with van der Waals surface area (Å²) in [4.78, 5) is 4.41. The number of benzene rings is 2. The standard InChI is InChI=1S/C18H24N4O2S.HI/c1-12(2)14-5-4-6-16(10-14)22-18(19)21-11-15-7-8-17(9-13(15)3)25(20,23)24;/h4-10,12H,11H2,1-3H3,(H3,19,21,22)(H2,20,23,24);1H. The molecular weight excluding hydrogens is 463 g/mol. The fraction of sp³-hybridized carbons (Fsp3) is 0.278. The number of nitrogens with one attached hydrogen (secondary N) is 1. The summed E-state index contributed by atoms with van der Waals surface area (Å²) in [5, 5.41) is 8.21. The minimum Gasteiger partial charge on any atom is -0.370 e. The molecule has 0 amide bonds. The lowest BCUT2D eigenvalue weighted by Crippen LogP contribution is -2.22. The molecule has 0 aliphatic rings. The Balaban J connectivity index is 0.00000338. The molecule has 2 aromatic rings. The van der Waals surface area contributed by atoms with Crippen LogP contribution in [0.1, 0.15) is 36.5 Å². The molecule has 0 aromatic heterocycles. The highest BCUT2D eigenvalue weighted by Crippen LogP contribution is 2.18. The van der Waals surface area contributed by atoms with Crippen molar-refractivity contribution in [2.45, 2.75) is 38.1 Å². The van der Waals surface area contributed by atoms with Crippen molar-refractivity contribution in [2.24, 2.45) is 15.9 Å². The van der Waals surface area contributed by atoms with Crippen molar-refractivity contribution in [1.82, 2.24) is 0 Å². The van der Waals surface area contributed by atoms with Gasteiger partial charge in [0.05, 0.1) is 11.4 Å². The molecular formula is C18H25IN4O2S. The van der Waals surface area contributed by atoms with Gasteiger partial charge in [0.1, 0.15) is 0 Å². The van der Waals surface area contributed by atoms with E-state index in [1.54, 1.807) is 6.07 Å². The van der Waals surface area contributed by atoms with E-state index in [0.717, 1.165) is 16.8 Å². The molecule has 0 fully saturated rings. The SMILES string of the molecule is Cc1cc(S(N)(=O)=O)ccc1CN=C(N)Nc1cccc(C(C)C)c1.I. The number of anilines is 1. The lowest BCUT2D eigenvalue weighted by molar-refractivity contribution is 0.597. The zero-order chi connectivity index (χ0) is 18.6. The summed E-state index contributed by atoms with van der Waals surface area (Å²) < 4.78 is 22.7. The third-order valence-electron chi connectivity index (χ3n) is 3.89. The van der Waals surface area contributed by atoms with Crippen molar-refractivity contribution in [2.75, 3.05) is 5.32 Å². The quantitative estimate of drug-likeness (QED) is 0.341. The van der Waals surface area contributed by atoms with Gasteiger partial charge in [-0.05, 0) is 53.8 Å². The highest BCUT2D eigenvalue weighted by Gasteiger charge is 2.09. The Hall–Kier alpha value is -1.65. The molecule has 5 N–H and O–H groups in total. The van der Waals surface area contributed by atoms with Crippen LogP contribution in [0.25, 0.3) is 0 Å². The van der Waals surface area contributed by atoms with Gasteiger partial charge in [-0.1, -0.05) is 32.0 Å². The van der Waals surface area contributed by atoms with Crippen molar-refractivity contribution in [3.05, 3.63) is 59.2 Å². The Morgan fingerprint density at radius 3 is 2.46 bits per heavy atom. The van der Waals surface area contributed by atoms with Gasteiger partial charge in [0.25, 0.3) is 0 Å². The van der Waals surface area contributed by atoms with E-state index in [1.807, 2.05) is 25.1 Å². The Morgan fingerprint density at radius 2 is 1.88 bits per heavy atom. The van der Waals surface area contributed by atoms with E-state index in [0.29, 0.717) is 18.4 Å². The fourth-order valence-electron chi connectivity index (χ4n) is 2.36. The van der Waals surface area contributed by atoms with Crippen molar-refractivity contribution in [1.29, 1.82) is 0 Å². The summed E-state index contributed by atoms with van der Waals surface area (Å²) in [7, 11) is -3.70. The average Bonchev–Trinajstić information content (AvgIpc) is 2.53. The molecule has 0 unspecified atom stereocenters. The third-order valence-corrected chi connectivity index (χ3v) is 4.80. The molecule has 0 aliphatic carbocycles. The maximum absolute atomic E-state index is 11.4. The van der Waals surface area contributed by atoms with Crippen LogP contribution >= 0.6 is 24.0 Å². The first-order valence-electron chi connectivity index (χ1n) is 7.96. The van der Waals surface area contributed by atoms with E-state index in [1.165, 1.54) is 17.7 Å². The minimum atomic E-state index is -3.70. The number of nitrogens with zero attached hydrogens (tertiary/aromatic N) is 1. The number of aryl methyl sites for hydroxylation is 1. The Labute approximate surface area is 172 Å². The lowest BCUT2D eigenvalue weighted by atomic mass is 10.0. The molecule has 142 valence electrons. The van der Waals surface area contributed by atoms with Gasteiger partial charge < -0.3 is 11.1 Å². The number of hydrogen-bond donors (Lipinski definition) is 3. The molecule has 0 saturated carbocycles. The maximum atomic E-state index is 11.4. The summed E-state index contributed by atoms with van der Waals surface area (Å²) in [5.41, 5.74) is 9.73. The molecule has 6 nitrogen and oxygen atoms in total. The monoisotopic (exact) mass is 488 g/mol. The van der Waals surface area contributed by atoms with E-state index in [-0.39, 0.29) is 28.9 Å². The second-order valence-corrected chi connectivity index (χ2v) is 7.80. The molecule has 0 spiro atoms. The molecule has 2 rings (SSSR count). The molecule has 26 heavy (non-hydrogen) atoms. The number of guanidine groups is 1. The Morgan fingerprint density at radius 1 is 1.19 bits per heavy atom. The van der Waals surface area contributed by atoms with Gasteiger partial charge in [0.15, 0.2) is 5.96 Å². The first kappa shape index (κ1) is 22.4. The number of sulfonamides is 1. The van der Waals surface area contributed by atoms with Crippen LogP contribution in [0.15, 0.2) is 52.4 Å². The molecule has 8 heteroatoms. The van der Waals surface area contributed by atoms with Crippen LogP contribution in [0.4, 0.5) is 5.69 Å². The molecule has 0 heterocycles.